The zero-order chi connectivity index (χ0) is 13.9. The van der Waals surface area contributed by atoms with E-state index in [0.717, 1.165) is 5.57 Å². The van der Waals surface area contributed by atoms with Crippen LogP contribution in [-0.4, -0.2) is 15.2 Å². The number of hydrogen-bond acceptors (Lipinski definition) is 3. The zero-order valence-corrected chi connectivity index (χ0v) is 11.0. The molecule has 0 radical (unpaired) electrons. The predicted octanol–water partition coefficient (Wildman–Crippen LogP) is 2.99. The molecule has 0 aliphatic heterocycles. The van der Waals surface area contributed by atoms with Crippen LogP contribution in [0.1, 0.15) is 25.1 Å². The molecule has 3 heteroatoms. The molecule has 1 heterocycles. The molecule has 0 saturated carbocycles. The summed E-state index contributed by atoms with van der Waals surface area (Å²) in [5.41, 5.74) is 0.426. The Kier molecular flexibility index (Phi) is 3.67. The quantitative estimate of drug-likeness (QED) is 0.829. The van der Waals surface area contributed by atoms with Crippen LogP contribution in [0.2, 0.25) is 0 Å². The van der Waals surface area contributed by atoms with E-state index in [0.29, 0.717) is 11.3 Å². The number of aromatic hydroxyl groups is 1. The van der Waals surface area contributed by atoms with Crippen LogP contribution in [0.15, 0.2) is 60.3 Å². The maximum Gasteiger partial charge on any atom is 0.154 e. The van der Waals surface area contributed by atoms with Gasteiger partial charge in [0.1, 0.15) is 5.75 Å². The summed E-state index contributed by atoms with van der Waals surface area (Å²) in [6, 6.07) is 12.1. The average Bonchev–Trinajstić information content (AvgIpc) is 2.39. The minimum Gasteiger partial charge on any atom is -0.508 e. The molecule has 0 saturated heterocycles. The average molecular weight is 255 g/mol. The van der Waals surface area contributed by atoms with Crippen molar-refractivity contribution in [2.75, 3.05) is 0 Å². The lowest BCUT2D eigenvalue weighted by atomic mass is 9.87. The Morgan fingerprint density at radius 1 is 1.11 bits per heavy atom. The largest absolute Gasteiger partial charge is 0.508 e. The molecule has 1 unspecified atom stereocenters. The third-order valence-corrected chi connectivity index (χ3v) is 2.87. The Hall–Kier alpha value is -2.13. The van der Waals surface area contributed by atoms with Gasteiger partial charge < -0.3 is 10.2 Å². The smallest absolute Gasteiger partial charge is 0.154 e. The molecule has 1 aromatic carbocycles. The van der Waals surface area contributed by atoms with Crippen molar-refractivity contribution in [3.63, 3.8) is 0 Å². The fourth-order valence-corrected chi connectivity index (χ4v) is 2.09. The molecule has 2 aromatic rings. The molecule has 2 rings (SSSR count). The molecule has 1 aromatic heterocycles. The summed E-state index contributed by atoms with van der Waals surface area (Å²) in [5, 5.41) is 21.0. The second kappa shape index (κ2) is 5.24. The van der Waals surface area contributed by atoms with Crippen LogP contribution in [-0.2, 0) is 5.60 Å². The predicted molar refractivity (Wildman–Crippen MR) is 74.8 cm³/mol. The number of phenols is 1. The first kappa shape index (κ1) is 13.3. The summed E-state index contributed by atoms with van der Waals surface area (Å²) in [7, 11) is 0. The first-order chi connectivity index (χ1) is 9.04. The molecule has 3 nitrogen and oxygen atoms in total. The highest BCUT2D eigenvalue weighted by Crippen LogP contribution is 2.35. The number of benzene rings is 1. The first-order valence-electron chi connectivity index (χ1n) is 6.12. The van der Waals surface area contributed by atoms with Gasteiger partial charge in [-0.2, -0.15) is 0 Å². The van der Waals surface area contributed by atoms with E-state index in [-0.39, 0.29) is 5.75 Å². The molecule has 0 spiro atoms. The Balaban J connectivity index is 2.66. The summed E-state index contributed by atoms with van der Waals surface area (Å²) in [6.45, 7) is 3.79. The topological polar surface area (TPSA) is 53.4 Å². The Bertz CT molecular complexity index is 589. The maximum absolute atomic E-state index is 11.0. The van der Waals surface area contributed by atoms with Crippen LogP contribution >= 0.6 is 0 Å². The molecule has 98 valence electrons. The number of hydrogen-bond donors (Lipinski definition) is 2. The molecular formula is C16H17NO2. The Labute approximate surface area is 112 Å². The Morgan fingerprint density at radius 3 is 2.37 bits per heavy atom. The summed E-state index contributed by atoms with van der Waals surface area (Å²) < 4.78 is 0. The lowest BCUT2D eigenvalue weighted by Gasteiger charge is -2.26. The fraction of sp³-hybridized carbons (Fsp3) is 0.188. The number of allylic oxidation sites excluding steroid dienone is 1. The molecule has 0 amide bonds. The van der Waals surface area contributed by atoms with Crippen LogP contribution in [0.5, 0.6) is 5.75 Å². The fourth-order valence-electron chi connectivity index (χ4n) is 2.09. The lowest BCUT2D eigenvalue weighted by Crippen LogP contribution is -2.26. The summed E-state index contributed by atoms with van der Waals surface area (Å²) in [6.07, 6.45) is 3.32. The van der Waals surface area contributed by atoms with Crippen molar-refractivity contribution in [2.24, 2.45) is 0 Å². The minimum absolute atomic E-state index is 0.0492. The van der Waals surface area contributed by atoms with E-state index >= 15 is 0 Å². The van der Waals surface area contributed by atoms with E-state index in [1.807, 2.05) is 19.9 Å². The van der Waals surface area contributed by atoms with Crippen LogP contribution in [0.25, 0.3) is 0 Å². The van der Waals surface area contributed by atoms with Crippen molar-refractivity contribution < 1.29 is 10.2 Å². The lowest BCUT2D eigenvalue weighted by molar-refractivity contribution is 0.125. The molecule has 0 aliphatic carbocycles. The van der Waals surface area contributed by atoms with Gasteiger partial charge in [-0.05, 0) is 38.1 Å². The molecule has 0 fully saturated rings. The molecular weight excluding hydrogens is 238 g/mol. The maximum atomic E-state index is 11.0. The van der Waals surface area contributed by atoms with Gasteiger partial charge in [0.2, 0.25) is 0 Å². The van der Waals surface area contributed by atoms with Gasteiger partial charge in [-0.1, -0.05) is 29.8 Å². The summed E-state index contributed by atoms with van der Waals surface area (Å²) in [5.74, 6) is 0.0492. The SMILES string of the molecule is CC(C)=CC(O)(c1ccccn1)c1ccccc1O. The van der Waals surface area contributed by atoms with Crippen LogP contribution in [0.4, 0.5) is 0 Å². The van der Waals surface area contributed by atoms with Crippen molar-refractivity contribution in [3.8, 4) is 5.75 Å². The molecule has 1 atom stereocenters. The van der Waals surface area contributed by atoms with Gasteiger partial charge in [-0.25, -0.2) is 0 Å². The number of nitrogens with zero attached hydrogens (tertiary/aromatic N) is 1. The molecule has 19 heavy (non-hydrogen) atoms. The van der Waals surface area contributed by atoms with E-state index in [1.165, 1.54) is 0 Å². The number of phenolic OH excluding ortho intramolecular Hbond substituents is 1. The van der Waals surface area contributed by atoms with E-state index in [9.17, 15) is 10.2 Å². The third-order valence-electron chi connectivity index (χ3n) is 2.87. The van der Waals surface area contributed by atoms with E-state index in [2.05, 4.69) is 4.98 Å². The monoisotopic (exact) mass is 255 g/mol. The summed E-state index contributed by atoms with van der Waals surface area (Å²) >= 11 is 0. The van der Waals surface area contributed by atoms with Crippen molar-refractivity contribution in [3.05, 3.63) is 71.6 Å². The van der Waals surface area contributed by atoms with Crippen molar-refractivity contribution in [2.45, 2.75) is 19.4 Å². The minimum atomic E-state index is -1.43. The molecule has 2 N–H and O–H groups in total. The highest BCUT2D eigenvalue weighted by Gasteiger charge is 2.32. The van der Waals surface area contributed by atoms with Gasteiger partial charge in [-0.3, -0.25) is 4.98 Å². The Morgan fingerprint density at radius 2 is 1.79 bits per heavy atom. The van der Waals surface area contributed by atoms with Gasteiger partial charge in [0, 0.05) is 11.8 Å². The number of rotatable bonds is 3. The van der Waals surface area contributed by atoms with Gasteiger partial charge >= 0.3 is 0 Å². The molecule has 0 aliphatic rings. The first-order valence-corrected chi connectivity index (χ1v) is 6.12. The molecule has 0 bridgehead atoms. The van der Waals surface area contributed by atoms with Crippen molar-refractivity contribution in [1.82, 2.24) is 4.98 Å². The highest BCUT2D eigenvalue weighted by atomic mass is 16.3. The van der Waals surface area contributed by atoms with Gasteiger partial charge in [0.05, 0.1) is 5.69 Å². The van der Waals surface area contributed by atoms with Crippen LogP contribution in [0.3, 0.4) is 0 Å². The number of aromatic nitrogens is 1. The van der Waals surface area contributed by atoms with E-state index in [1.54, 1.807) is 48.7 Å². The van der Waals surface area contributed by atoms with Crippen molar-refractivity contribution in [1.29, 1.82) is 0 Å². The zero-order valence-electron chi connectivity index (χ0n) is 11.0. The number of aliphatic hydroxyl groups is 1. The number of pyridine rings is 1. The second-order valence-electron chi connectivity index (χ2n) is 4.72. The van der Waals surface area contributed by atoms with Gasteiger partial charge in [-0.15, -0.1) is 0 Å². The van der Waals surface area contributed by atoms with Crippen LogP contribution < -0.4 is 0 Å². The number of para-hydroxylation sites is 1. The van der Waals surface area contributed by atoms with Crippen molar-refractivity contribution >= 4 is 0 Å². The third kappa shape index (κ3) is 2.66. The van der Waals surface area contributed by atoms with Crippen LogP contribution in [0, 0.1) is 0 Å². The van der Waals surface area contributed by atoms with E-state index < -0.39 is 5.60 Å². The second-order valence-corrected chi connectivity index (χ2v) is 4.72. The van der Waals surface area contributed by atoms with Gasteiger partial charge in [0.25, 0.3) is 0 Å². The van der Waals surface area contributed by atoms with Gasteiger partial charge in [0.15, 0.2) is 5.60 Å². The van der Waals surface area contributed by atoms with E-state index in [4.69, 9.17) is 0 Å². The summed E-state index contributed by atoms with van der Waals surface area (Å²) in [4.78, 5) is 4.22. The normalized spacial score (nSPS) is 13.6. The standard InChI is InChI=1S/C16H17NO2/c1-12(2)11-16(19,15-9-5-6-10-17-15)13-7-3-4-8-14(13)18/h3-11,18-19H,1-2H3. The highest BCUT2D eigenvalue weighted by molar-refractivity contribution is 5.45.